The lowest BCUT2D eigenvalue weighted by Gasteiger charge is -2.07. The SMILES string of the molecule is CS(=O)(=O)CC(=O)CCCC1CCCO1. The quantitative estimate of drug-likeness (QED) is 0.686. The maximum Gasteiger partial charge on any atom is 0.154 e. The van der Waals surface area contributed by atoms with E-state index in [9.17, 15) is 13.2 Å². The van der Waals surface area contributed by atoms with Gasteiger partial charge in [0.15, 0.2) is 9.84 Å². The largest absolute Gasteiger partial charge is 0.378 e. The first kappa shape index (κ1) is 12.6. The van der Waals surface area contributed by atoms with E-state index in [2.05, 4.69) is 0 Å². The minimum atomic E-state index is -3.15. The van der Waals surface area contributed by atoms with Crippen LogP contribution in [0.15, 0.2) is 0 Å². The second-order valence-electron chi connectivity index (χ2n) is 4.14. The lowest BCUT2D eigenvalue weighted by Crippen LogP contribution is -2.15. The van der Waals surface area contributed by atoms with Crippen LogP contribution in [-0.2, 0) is 19.4 Å². The fourth-order valence-corrected chi connectivity index (χ4v) is 2.49. The Balaban J connectivity index is 2.11. The third kappa shape index (κ3) is 5.89. The van der Waals surface area contributed by atoms with Crippen molar-refractivity contribution in [1.29, 1.82) is 0 Å². The molecule has 1 rings (SSSR count). The van der Waals surface area contributed by atoms with E-state index < -0.39 is 9.84 Å². The van der Waals surface area contributed by atoms with Crippen molar-refractivity contribution in [2.45, 2.75) is 38.2 Å². The molecule has 0 aromatic rings. The highest BCUT2D eigenvalue weighted by atomic mass is 32.2. The van der Waals surface area contributed by atoms with Crippen LogP contribution in [-0.4, -0.2) is 38.9 Å². The zero-order valence-electron chi connectivity index (χ0n) is 9.07. The number of rotatable bonds is 6. The minimum absolute atomic E-state index is 0.185. The Morgan fingerprint density at radius 3 is 2.73 bits per heavy atom. The highest BCUT2D eigenvalue weighted by molar-refractivity contribution is 7.91. The highest BCUT2D eigenvalue weighted by Crippen LogP contribution is 2.17. The van der Waals surface area contributed by atoms with Crippen LogP contribution >= 0.6 is 0 Å². The van der Waals surface area contributed by atoms with Crippen LogP contribution in [0.5, 0.6) is 0 Å². The van der Waals surface area contributed by atoms with E-state index in [1.165, 1.54) is 0 Å². The van der Waals surface area contributed by atoms with Gasteiger partial charge in [-0.1, -0.05) is 0 Å². The molecule has 1 aliphatic rings. The monoisotopic (exact) mass is 234 g/mol. The molecule has 0 saturated carbocycles. The van der Waals surface area contributed by atoms with Crippen LogP contribution in [0.3, 0.4) is 0 Å². The zero-order chi connectivity index (χ0) is 11.3. The summed E-state index contributed by atoms with van der Waals surface area (Å²) in [5, 5.41) is 0. The molecule has 5 heteroatoms. The molecule has 0 amide bonds. The number of ether oxygens (including phenoxy) is 1. The Bertz CT molecular complexity index is 301. The van der Waals surface area contributed by atoms with Gasteiger partial charge in [0.1, 0.15) is 11.5 Å². The molecule has 1 saturated heterocycles. The fourth-order valence-electron chi connectivity index (χ4n) is 1.76. The van der Waals surface area contributed by atoms with Crippen molar-refractivity contribution >= 4 is 15.6 Å². The van der Waals surface area contributed by atoms with Gasteiger partial charge < -0.3 is 4.74 Å². The summed E-state index contributed by atoms with van der Waals surface area (Å²) >= 11 is 0. The van der Waals surface area contributed by atoms with Crippen LogP contribution in [0.2, 0.25) is 0 Å². The standard InChI is InChI=1S/C10H18O4S/c1-15(12,13)8-9(11)4-2-5-10-6-3-7-14-10/h10H,2-8H2,1H3. The van der Waals surface area contributed by atoms with E-state index in [0.717, 1.165) is 38.5 Å². The summed E-state index contributed by atoms with van der Waals surface area (Å²) in [4.78, 5) is 11.2. The lowest BCUT2D eigenvalue weighted by atomic mass is 10.1. The predicted octanol–water partition coefficient (Wildman–Crippen LogP) is 0.949. The van der Waals surface area contributed by atoms with Gasteiger partial charge in [0, 0.05) is 19.3 Å². The molecule has 1 unspecified atom stereocenters. The Kier molecular flexibility index (Phi) is 4.73. The normalized spacial score (nSPS) is 21.8. The van der Waals surface area contributed by atoms with Crippen molar-refractivity contribution in [1.82, 2.24) is 0 Å². The average molecular weight is 234 g/mol. The van der Waals surface area contributed by atoms with Gasteiger partial charge in [0.05, 0.1) is 6.10 Å². The van der Waals surface area contributed by atoms with Crippen molar-refractivity contribution in [2.75, 3.05) is 18.6 Å². The first-order chi connectivity index (χ1) is 6.97. The van der Waals surface area contributed by atoms with Crippen LogP contribution in [0.4, 0.5) is 0 Å². The summed E-state index contributed by atoms with van der Waals surface area (Å²) in [5.74, 6) is -0.506. The Hall–Kier alpha value is -0.420. The summed E-state index contributed by atoms with van der Waals surface area (Å²) in [5.41, 5.74) is 0. The van der Waals surface area contributed by atoms with Crippen molar-refractivity contribution in [3.63, 3.8) is 0 Å². The highest BCUT2D eigenvalue weighted by Gasteiger charge is 2.16. The summed E-state index contributed by atoms with van der Waals surface area (Å²) in [6, 6.07) is 0. The molecule has 1 fully saturated rings. The van der Waals surface area contributed by atoms with Crippen molar-refractivity contribution < 1.29 is 17.9 Å². The van der Waals surface area contributed by atoms with Crippen LogP contribution < -0.4 is 0 Å². The Morgan fingerprint density at radius 1 is 1.47 bits per heavy atom. The van der Waals surface area contributed by atoms with E-state index in [4.69, 9.17) is 4.74 Å². The molecule has 0 aromatic carbocycles. The molecule has 1 aliphatic heterocycles. The van der Waals surface area contributed by atoms with Gasteiger partial charge in [0.2, 0.25) is 0 Å². The van der Waals surface area contributed by atoms with Gasteiger partial charge in [0.25, 0.3) is 0 Å². The number of sulfone groups is 1. The fraction of sp³-hybridized carbons (Fsp3) is 0.900. The maximum absolute atomic E-state index is 11.2. The lowest BCUT2D eigenvalue weighted by molar-refractivity contribution is -0.116. The van der Waals surface area contributed by atoms with Gasteiger partial charge in [-0.15, -0.1) is 0 Å². The number of hydrogen-bond acceptors (Lipinski definition) is 4. The van der Waals surface area contributed by atoms with E-state index in [1.54, 1.807) is 0 Å². The molecule has 15 heavy (non-hydrogen) atoms. The molecule has 0 aromatic heterocycles. The van der Waals surface area contributed by atoms with Gasteiger partial charge in [-0.05, 0) is 25.7 Å². The Morgan fingerprint density at radius 2 is 2.20 bits per heavy atom. The molecule has 0 bridgehead atoms. The summed E-state index contributed by atoms with van der Waals surface area (Å²) in [6.07, 6.45) is 5.50. The number of ketones is 1. The third-order valence-electron chi connectivity index (χ3n) is 2.43. The van der Waals surface area contributed by atoms with Gasteiger partial charge in [-0.3, -0.25) is 4.79 Å². The van der Waals surface area contributed by atoms with Gasteiger partial charge in [-0.25, -0.2) is 8.42 Å². The molecule has 88 valence electrons. The molecule has 4 nitrogen and oxygen atoms in total. The second kappa shape index (κ2) is 5.61. The molecule has 0 radical (unpaired) electrons. The number of hydrogen-bond donors (Lipinski definition) is 0. The summed E-state index contributed by atoms with van der Waals surface area (Å²) < 4.78 is 27.0. The second-order valence-corrected chi connectivity index (χ2v) is 6.28. The minimum Gasteiger partial charge on any atom is -0.378 e. The van der Waals surface area contributed by atoms with Crippen LogP contribution in [0, 0.1) is 0 Å². The predicted molar refractivity (Wildman–Crippen MR) is 57.5 cm³/mol. The van der Waals surface area contributed by atoms with E-state index in [0.29, 0.717) is 6.42 Å². The average Bonchev–Trinajstić information content (AvgIpc) is 2.53. The molecule has 0 aliphatic carbocycles. The van der Waals surface area contributed by atoms with Crippen molar-refractivity contribution in [3.8, 4) is 0 Å². The number of carbonyl (C=O) groups excluding carboxylic acids is 1. The van der Waals surface area contributed by atoms with E-state index in [1.807, 2.05) is 0 Å². The van der Waals surface area contributed by atoms with E-state index >= 15 is 0 Å². The zero-order valence-corrected chi connectivity index (χ0v) is 9.88. The topological polar surface area (TPSA) is 60.4 Å². The van der Waals surface area contributed by atoms with Crippen LogP contribution in [0.25, 0.3) is 0 Å². The smallest absolute Gasteiger partial charge is 0.154 e. The molecule has 0 N–H and O–H groups in total. The number of Topliss-reactive ketones (excluding diaryl/α,β-unsaturated/α-hetero) is 1. The summed E-state index contributed by atoms with van der Waals surface area (Å²) in [6.45, 7) is 0.821. The third-order valence-corrected chi connectivity index (χ3v) is 3.28. The molecule has 0 spiro atoms. The van der Waals surface area contributed by atoms with Crippen molar-refractivity contribution in [2.24, 2.45) is 0 Å². The number of carbonyl (C=O) groups is 1. The Labute approximate surface area is 90.9 Å². The molecular weight excluding hydrogens is 216 g/mol. The maximum atomic E-state index is 11.2. The first-order valence-corrected chi connectivity index (χ1v) is 7.34. The molecule has 1 atom stereocenters. The van der Waals surface area contributed by atoms with Gasteiger partial charge >= 0.3 is 0 Å². The van der Waals surface area contributed by atoms with Gasteiger partial charge in [-0.2, -0.15) is 0 Å². The van der Waals surface area contributed by atoms with E-state index in [-0.39, 0.29) is 17.6 Å². The first-order valence-electron chi connectivity index (χ1n) is 5.28. The van der Waals surface area contributed by atoms with Crippen molar-refractivity contribution in [3.05, 3.63) is 0 Å². The molecule has 1 heterocycles. The van der Waals surface area contributed by atoms with Crippen LogP contribution in [0.1, 0.15) is 32.1 Å². The summed E-state index contributed by atoms with van der Waals surface area (Å²) in [7, 11) is -3.15. The molecular formula is C10H18O4S.